The summed E-state index contributed by atoms with van der Waals surface area (Å²) in [6.07, 6.45) is 0. The number of nitrogens with one attached hydrogen (secondary N) is 1. The van der Waals surface area contributed by atoms with Crippen molar-refractivity contribution in [1.82, 2.24) is 9.80 Å². The standard InChI is InChI=1S/C29H36FN3O7/c1-8-39-21-12-17-13-33(27(31)23(17)24(30)26(21)40-9-2)14-20(34)16-10-18(28(37)32(6)15-22(35)36)25(38-7)19(11-16)29(3,4)5/h10-12,31H,8-9,13-15H2,1-7H3,(H,35,36). The molecule has 0 aliphatic carbocycles. The van der Waals surface area contributed by atoms with Gasteiger partial charge in [0.05, 0.1) is 38.0 Å². The minimum absolute atomic E-state index is 0.0515. The minimum Gasteiger partial charge on any atom is -0.496 e. The van der Waals surface area contributed by atoms with E-state index in [4.69, 9.17) is 24.7 Å². The highest BCUT2D eigenvalue weighted by molar-refractivity contribution is 6.07. The summed E-state index contributed by atoms with van der Waals surface area (Å²) in [7, 11) is 2.76. The number of Topliss-reactive ketones (excluding diaryl/α,β-unsaturated/α-hetero) is 1. The second-order valence-corrected chi connectivity index (χ2v) is 10.5. The fourth-order valence-electron chi connectivity index (χ4n) is 4.63. The Labute approximate surface area is 233 Å². The van der Waals surface area contributed by atoms with Gasteiger partial charge >= 0.3 is 5.97 Å². The van der Waals surface area contributed by atoms with Gasteiger partial charge in [0.15, 0.2) is 23.1 Å². The second kappa shape index (κ2) is 11.9. The fourth-order valence-corrected chi connectivity index (χ4v) is 4.63. The molecule has 216 valence electrons. The highest BCUT2D eigenvalue weighted by Gasteiger charge is 2.34. The SMILES string of the molecule is CCOc1cc2c(c(F)c1OCC)C(=N)N(CC(=O)c1cc(C(=O)N(C)CC(=O)O)c(OC)c(C(C)(C)C)c1)C2. The first-order chi connectivity index (χ1) is 18.7. The number of rotatable bonds is 11. The number of amides is 1. The Morgan fingerprint density at radius 1 is 1.10 bits per heavy atom. The van der Waals surface area contributed by atoms with Crippen LogP contribution >= 0.6 is 0 Å². The number of ketones is 1. The van der Waals surface area contributed by atoms with E-state index in [-0.39, 0.29) is 59.5 Å². The molecule has 2 aromatic carbocycles. The summed E-state index contributed by atoms with van der Waals surface area (Å²) in [5.74, 6) is -2.66. The third-order valence-corrected chi connectivity index (χ3v) is 6.48. The summed E-state index contributed by atoms with van der Waals surface area (Å²) in [5, 5.41) is 17.8. The normalized spacial score (nSPS) is 12.7. The zero-order valence-electron chi connectivity index (χ0n) is 23.9. The van der Waals surface area contributed by atoms with Crippen LogP contribution in [0.4, 0.5) is 4.39 Å². The van der Waals surface area contributed by atoms with E-state index in [1.54, 1.807) is 26.0 Å². The number of benzene rings is 2. The lowest BCUT2D eigenvalue weighted by atomic mass is 9.83. The lowest BCUT2D eigenvalue weighted by Gasteiger charge is -2.26. The molecule has 1 aliphatic heterocycles. The van der Waals surface area contributed by atoms with Crippen LogP contribution in [0.15, 0.2) is 18.2 Å². The molecule has 0 spiro atoms. The van der Waals surface area contributed by atoms with E-state index in [0.717, 1.165) is 4.90 Å². The van der Waals surface area contributed by atoms with Gasteiger partial charge in [0.2, 0.25) is 0 Å². The summed E-state index contributed by atoms with van der Waals surface area (Å²) in [6.45, 7) is 9.02. The van der Waals surface area contributed by atoms with Crippen molar-refractivity contribution >= 4 is 23.5 Å². The lowest BCUT2D eigenvalue weighted by Crippen LogP contribution is -2.33. The number of nitrogens with zero attached hydrogens (tertiary/aromatic N) is 2. The van der Waals surface area contributed by atoms with E-state index in [2.05, 4.69) is 0 Å². The van der Waals surface area contributed by atoms with E-state index in [1.807, 2.05) is 20.8 Å². The number of carbonyl (C=O) groups is 3. The van der Waals surface area contributed by atoms with Crippen LogP contribution in [-0.4, -0.2) is 78.9 Å². The van der Waals surface area contributed by atoms with Gasteiger partial charge in [-0.1, -0.05) is 20.8 Å². The van der Waals surface area contributed by atoms with Crippen LogP contribution in [-0.2, 0) is 16.8 Å². The quantitative estimate of drug-likeness (QED) is 0.395. The number of hydrogen-bond acceptors (Lipinski definition) is 7. The van der Waals surface area contributed by atoms with Gasteiger partial charge in [-0.3, -0.25) is 19.8 Å². The Morgan fingerprint density at radius 2 is 1.75 bits per heavy atom. The maximum Gasteiger partial charge on any atom is 0.323 e. The van der Waals surface area contributed by atoms with Gasteiger partial charge in [0.25, 0.3) is 5.91 Å². The van der Waals surface area contributed by atoms with Crippen LogP contribution in [0.5, 0.6) is 17.2 Å². The zero-order valence-corrected chi connectivity index (χ0v) is 23.9. The molecule has 40 heavy (non-hydrogen) atoms. The predicted octanol–water partition coefficient (Wildman–Crippen LogP) is 4.11. The lowest BCUT2D eigenvalue weighted by molar-refractivity contribution is -0.137. The van der Waals surface area contributed by atoms with E-state index in [0.29, 0.717) is 17.7 Å². The molecule has 0 unspecified atom stereocenters. The molecule has 0 atom stereocenters. The number of amidine groups is 1. The number of ether oxygens (including phenoxy) is 3. The summed E-state index contributed by atoms with van der Waals surface area (Å²) in [4.78, 5) is 40.5. The molecule has 1 aliphatic rings. The van der Waals surface area contributed by atoms with E-state index < -0.39 is 35.4 Å². The highest BCUT2D eigenvalue weighted by atomic mass is 19.1. The number of carbonyl (C=O) groups excluding carboxylic acids is 2. The molecular weight excluding hydrogens is 521 g/mol. The van der Waals surface area contributed by atoms with E-state index >= 15 is 4.39 Å². The largest absolute Gasteiger partial charge is 0.496 e. The van der Waals surface area contributed by atoms with Crippen LogP contribution in [0, 0.1) is 11.2 Å². The molecule has 10 nitrogen and oxygen atoms in total. The molecule has 0 saturated carbocycles. The van der Waals surface area contributed by atoms with Crippen molar-refractivity contribution in [3.63, 3.8) is 0 Å². The predicted molar refractivity (Wildman–Crippen MR) is 147 cm³/mol. The number of methoxy groups -OCH3 is 1. The van der Waals surface area contributed by atoms with Gasteiger partial charge in [0.1, 0.15) is 18.1 Å². The molecule has 1 heterocycles. The molecule has 1 amide bonds. The van der Waals surface area contributed by atoms with Crippen LogP contribution in [0.1, 0.15) is 72.0 Å². The molecule has 0 fully saturated rings. The highest BCUT2D eigenvalue weighted by Crippen LogP contribution is 2.40. The van der Waals surface area contributed by atoms with Gasteiger partial charge in [0, 0.05) is 24.7 Å². The number of carboxylic acids is 1. The maximum atomic E-state index is 15.4. The molecular formula is C29H36FN3O7. The first-order valence-electron chi connectivity index (χ1n) is 12.9. The zero-order chi connectivity index (χ0) is 29.9. The third kappa shape index (κ3) is 6.03. The van der Waals surface area contributed by atoms with Crippen molar-refractivity contribution < 1.29 is 38.1 Å². The average molecular weight is 558 g/mol. The van der Waals surface area contributed by atoms with Crippen molar-refractivity contribution in [2.75, 3.05) is 40.5 Å². The smallest absolute Gasteiger partial charge is 0.323 e. The Kier molecular flexibility index (Phi) is 9.07. The molecule has 2 N–H and O–H groups in total. The number of fused-ring (bicyclic) bond motifs is 1. The number of carboxylic acid groups (broad SMARTS) is 1. The summed E-state index contributed by atoms with van der Waals surface area (Å²) >= 11 is 0. The number of likely N-dealkylation sites (N-methyl/N-ethyl adjacent to an activating group) is 1. The topological polar surface area (TPSA) is 129 Å². The van der Waals surface area contributed by atoms with Crippen LogP contribution in [0.2, 0.25) is 0 Å². The number of halogens is 1. The first kappa shape index (κ1) is 30.4. The summed E-state index contributed by atoms with van der Waals surface area (Å²) < 4.78 is 32.0. The van der Waals surface area contributed by atoms with E-state index in [9.17, 15) is 14.4 Å². The van der Waals surface area contributed by atoms with Crippen LogP contribution in [0.3, 0.4) is 0 Å². The van der Waals surface area contributed by atoms with Crippen molar-refractivity contribution in [1.29, 1.82) is 5.41 Å². The molecule has 11 heteroatoms. The molecule has 0 radical (unpaired) electrons. The molecule has 0 saturated heterocycles. The number of aliphatic carboxylic acids is 1. The van der Waals surface area contributed by atoms with Crippen molar-refractivity contribution in [2.24, 2.45) is 0 Å². The summed E-state index contributed by atoms with van der Waals surface area (Å²) in [5.41, 5.74) is 0.839. The third-order valence-electron chi connectivity index (χ3n) is 6.48. The van der Waals surface area contributed by atoms with Crippen LogP contribution in [0.25, 0.3) is 0 Å². The van der Waals surface area contributed by atoms with Crippen molar-refractivity contribution in [2.45, 2.75) is 46.6 Å². The Bertz CT molecular complexity index is 1350. The first-order valence-corrected chi connectivity index (χ1v) is 12.9. The fraction of sp³-hybridized carbons (Fsp3) is 0.448. The van der Waals surface area contributed by atoms with E-state index in [1.165, 1.54) is 25.1 Å². The second-order valence-electron chi connectivity index (χ2n) is 10.5. The minimum atomic E-state index is -1.18. The average Bonchev–Trinajstić information content (AvgIpc) is 3.18. The van der Waals surface area contributed by atoms with Gasteiger partial charge in [-0.05, 0) is 43.0 Å². The molecule has 0 bridgehead atoms. The van der Waals surface area contributed by atoms with Gasteiger partial charge in [-0.25, -0.2) is 4.39 Å². The monoisotopic (exact) mass is 557 g/mol. The molecule has 3 rings (SSSR count). The van der Waals surface area contributed by atoms with Crippen molar-refractivity contribution in [3.05, 3.63) is 51.8 Å². The van der Waals surface area contributed by atoms with Gasteiger partial charge < -0.3 is 29.1 Å². The number of hydrogen-bond donors (Lipinski definition) is 2. The molecule has 0 aromatic heterocycles. The Balaban J connectivity index is 2.01. The Hall–Kier alpha value is -4.15. The van der Waals surface area contributed by atoms with Crippen LogP contribution < -0.4 is 14.2 Å². The Morgan fingerprint density at radius 3 is 2.30 bits per heavy atom. The molecule has 2 aromatic rings. The van der Waals surface area contributed by atoms with Gasteiger partial charge in [-0.2, -0.15) is 0 Å². The van der Waals surface area contributed by atoms with Gasteiger partial charge in [-0.15, -0.1) is 0 Å². The van der Waals surface area contributed by atoms with Crippen molar-refractivity contribution in [3.8, 4) is 17.2 Å². The maximum absolute atomic E-state index is 15.4. The summed E-state index contributed by atoms with van der Waals surface area (Å²) in [6, 6.07) is 4.65.